The summed E-state index contributed by atoms with van der Waals surface area (Å²) >= 11 is 0. The minimum atomic E-state index is -0.193. The fraction of sp³-hybridized carbons (Fsp3) is 0.625. The Morgan fingerprint density at radius 1 is 1.21 bits per heavy atom. The van der Waals surface area contributed by atoms with E-state index in [4.69, 9.17) is 4.74 Å². The average Bonchev–Trinajstić information content (AvgIpc) is 2.80. The van der Waals surface area contributed by atoms with Crippen LogP contribution >= 0.6 is 0 Å². The van der Waals surface area contributed by atoms with E-state index in [0.29, 0.717) is 0 Å². The third-order valence-electron chi connectivity index (χ3n) is 4.46. The Balaban J connectivity index is 1.52. The zero-order valence-corrected chi connectivity index (χ0v) is 11.3. The molecule has 1 aliphatic carbocycles. The van der Waals surface area contributed by atoms with Gasteiger partial charge in [0.05, 0.1) is 11.7 Å². The van der Waals surface area contributed by atoms with Crippen LogP contribution < -0.4 is 5.32 Å². The van der Waals surface area contributed by atoms with Crippen molar-refractivity contribution in [1.82, 2.24) is 0 Å². The molecule has 2 fully saturated rings. The standard InChI is InChI=1S/C16H22FNO/c17-13-5-4-6-14(11-13)18-12-15-7-10-16(19-15)8-2-1-3-9-16/h4-6,11,15,18H,1-3,7-10,12H2. The topological polar surface area (TPSA) is 21.3 Å². The average molecular weight is 263 g/mol. The Bertz CT molecular complexity index is 429. The molecule has 1 aliphatic heterocycles. The summed E-state index contributed by atoms with van der Waals surface area (Å²) < 4.78 is 19.4. The monoisotopic (exact) mass is 263 g/mol. The summed E-state index contributed by atoms with van der Waals surface area (Å²) in [6.07, 6.45) is 9.03. The number of ether oxygens (including phenoxy) is 1. The Labute approximate surface area is 114 Å². The molecule has 1 aromatic rings. The normalized spacial score (nSPS) is 25.6. The quantitative estimate of drug-likeness (QED) is 0.885. The van der Waals surface area contributed by atoms with Gasteiger partial charge in [0.15, 0.2) is 0 Å². The third-order valence-corrected chi connectivity index (χ3v) is 4.46. The molecule has 0 amide bonds. The zero-order valence-electron chi connectivity index (χ0n) is 11.3. The van der Waals surface area contributed by atoms with Crippen LogP contribution in [0.2, 0.25) is 0 Å². The van der Waals surface area contributed by atoms with Crippen molar-refractivity contribution >= 4 is 5.69 Å². The second kappa shape index (κ2) is 5.49. The van der Waals surface area contributed by atoms with Crippen LogP contribution in [-0.4, -0.2) is 18.2 Å². The van der Waals surface area contributed by atoms with Crippen molar-refractivity contribution in [1.29, 1.82) is 0 Å². The van der Waals surface area contributed by atoms with Gasteiger partial charge in [-0.25, -0.2) is 4.39 Å². The molecule has 104 valence electrons. The number of halogens is 1. The van der Waals surface area contributed by atoms with Gasteiger partial charge in [0.1, 0.15) is 5.82 Å². The minimum absolute atomic E-state index is 0.173. The first-order valence-corrected chi connectivity index (χ1v) is 7.43. The number of nitrogens with one attached hydrogen (secondary N) is 1. The summed E-state index contributed by atoms with van der Waals surface area (Å²) in [4.78, 5) is 0. The fourth-order valence-electron chi connectivity index (χ4n) is 3.43. The molecule has 19 heavy (non-hydrogen) atoms. The van der Waals surface area contributed by atoms with Crippen molar-refractivity contribution in [2.24, 2.45) is 0 Å². The maximum absolute atomic E-state index is 13.1. The molecule has 1 N–H and O–H groups in total. The lowest BCUT2D eigenvalue weighted by atomic mass is 9.83. The number of benzene rings is 1. The number of anilines is 1. The number of hydrogen-bond acceptors (Lipinski definition) is 2. The van der Waals surface area contributed by atoms with Gasteiger partial charge < -0.3 is 10.1 Å². The van der Waals surface area contributed by atoms with Gasteiger partial charge in [-0.1, -0.05) is 25.3 Å². The van der Waals surface area contributed by atoms with Crippen molar-refractivity contribution in [2.45, 2.75) is 56.7 Å². The Kier molecular flexibility index (Phi) is 3.74. The van der Waals surface area contributed by atoms with Crippen LogP contribution in [0.5, 0.6) is 0 Å². The van der Waals surface area contributed by atoms with Gasteiger partial charge in [-0.05, 0) is 43.9 Å². The molecule has 0 radical (unpaired) electrons. The van der Waals surface area contributed by atoms with E-state index in [2.05, 4.69) is 5.32 Å². The van der Waals surface area contributed by atoms with Gasteiger partial charge in [-0.15, -0.1) is 0 Å². The molecule has 0 bridgehead atoms. The summed E-state index contributed by atoms with van der Waals surface area (Å²) in [5.41, 5.74) is 1.01. The highest BCUT2D eigenvalue weighted by atomic mass is 19.1. The van der Waals surface area contributed by atoms with Gasteiger partial charge in [-0.2, -0.15) is 0 Å². The van der Waals surface area contributed by atoms with Crippen molar-refractivity contribution in [3.8, 4) is 0 Å². The van der Waals surface area contributed by atoms with E-state index in [9.17, 15) is 4.39 Å². The molecule has 1 unspecified atom stereocenters. The largest absolute Gasteiger partial charge is 0.382 e. The molecular formula is C16H22FNO. The molecular weight excluding hydrogens is 241 g/mol. The van der Waals surface area contributed by atoms with Crippen LogP contribution in [0.3, 0.4) is 0 Å². The first-order chi connectivity index (χ1) is 9.26. The van der Waals surface area contributed by atoms with Gasteiger partial charge in [0, 0.05) is 12.2 Å². The van der Waals surface area contributed by atoms with E-state index in [1.807, 2.05) is 6.07 Å². The molecule has 1 saturated heterocycles. The first-order valence-electron chi connectivity index (χ1n) is 7.43. The Morgan fingerprint density at radius 2 is 2.05 bits per heavy atom. The number of hydrogen-bond donors (Lipinski definition) is 1. The lowest BCUT2D eigenvalue weighted by Gasteiger charge is -2.33. The molecule has 1 saturated carbocycles. The molecule has 2 aliphatic rings. The highest BCUT2D eigenvalue weighted by Crippen LogP contribution is 2.41. The van der Waals surface area contributed by atoms with E-state index < -0.39 is 0 Å². The van der Waals surface area contributed by atoms with Crippen molar-refractivity contribution in [3.63, 3.8) is 0 Å². The molecule has 3 rings (SSSR count). The molecule has 1 spiro atoms. The van der Waals surface area contributed by atoms with E-state index >= 15 is 0 Å². The highest BCUT2D eigenvalue weighted by Gasteiger charge is 2.40. The summed E-state index contributed by atoms with van der Waals surface area (Å²) in [5.74, 6) is -0.193. The molecule has 0 aromatic heterocycles. The Morgan fingerprint density at radius 3 is 2.84 bits per heavy atom. The molecule has 2 nitrogen and oxygen atoms in total. The van der Waals surface area contributed by atoms with Gasteiger partial charge in [-0.3, -0.25) is 0 Å². The predicted molar refractivity (Wildman–Crippen MR) is 74.8 cm³/mol. The SMILES string of the molecule is Fc1cccc(NCC2CCC3(CCCCC3)O2)c1. The summed E-state index contributed by atoms with van der Waals surface area (Å²) in [7, 11) is 0. The van der Waals surface area contributed by atoms with E-state index in [0.717, 1.165) is 18.7 Å². The van der Waals surface area contributed by atoms with Crippen LogP contribution in [0.15, 0.2) is 24.3 Å². The molecule has 1 heterocycles. The summed E-state index contributed by atoms with van der Waals surface area (Å²) in [6.45, 7) is 0.783. The highest BCUT2D eigenvalue weighted by molar-refractivity contribution is 5.43. The van der Waals surface area contributed by atoms with E-state index in [1.165, 1.54) is 50.7 Å². The van der Waals surface area contributed by atoms with Crippen molar-refractivity contribution in [2.75, 3.05) is 11.9 Å². The Hall–Kier alpha value is -1.09. The minimum Gasteiger partial charge on any atom is -0.382 e. The first kappa shape index (κ1) is 12.9. The fourth-order valence-corrected chi connectivity index (χ4v) is 3.43. The van der Waals surface area contributed by atoms with Crippen LogP contribution in [0.4, 0.5) is 10.1 Å². The van der Waals surface area contributed by atoms with Crippen LogP contribution in [-0.2, 0) is 4.74 Å². The summed E-state index contributed by atoms with van der Waals surface area (Å²) in [6, 6.07) is 6.63. The molecule has 1 atom stereocenters. The van der Waals surface area contributed by atoms with E-state index in [1.54, 1.807) is 6.07 Å². The maximum Gasteiger partial charge on any atom is 0.125 e. The smallest absolute Gasteiger partial charge is 0.125 e. The number of rotatable bonds is 3. The predicted octanol–water partition coefficient (Wildman–Crippen LogP) is 4.12. The second-order valence-corrected chi connectivity index (χ2v) is 5.91. The van der Waals surface area contributed by atoms with Gasteiger partial charge in [0.25, 0.3) is 0 Å². The molecule has 1 aromatic carbocycles. The van der Waals surface area contributed by atoms with Crippen molar-refractivity contribution in [3.05, 3.63) is 30.1 Å². The summed E-state index contributed by atoms with van der Waals surface area (Å²) in [5, 5.41) is 3.28. The van der Waals surface area contributed by atoms with E-state index in [-0.39, 0.29) is 17.5 Å². The van der Waals surface area contributed by atoms with Crippen LogP contribution in [0.25, 0.3) is 0 Å². The lowest BCUT2D eigenvalue weighted by Crippen LogP contribution is -2.33. The second-order valence-electron chi connectivity index (χ2n) is 5.91. The van der Waals surface area contributed by atoms with Gasteiger partial charge in [0.2, 0.25) is 0 Å². The third kappa shape index (κ3) is 3.08. The van der Waals surface area contributed by atoms with Gasteiger partial charge >= 0.3 is 0 Å². The maximum atomic E-state index is 13.1. The van der Waals surface area contributed by atoms with Crippen LogP contribution in [0, 0.1) is 5.82 Å². The molecule has 3 heteroatoms. The van der Waals surface area contributed by atoms with Crippen molar-refractivity contribution < 1.29 is 9.13 Å². The lowest BCUT2D eigenvalue weighted by molar-refractivity contribution is -0.0588. The van der Waals surface area contributed by atoms with Crippen LogP contribution in [0.1, 0.15) is 44.9 Å². The zero-order chi connectivity index (χ0) is 13.1.